The van der Waals surface area contributed by atoms with Crippen molar-refractivity contribution in [1.29, 1.82) is 0 Å². The molecule has 0 spiro atoms. The number of Topliss-reactive ketones (excluding diaryl/α,β-unsaturated/α-hetero) is 1. The highest BCUT2D eigenvalue weighted by Crippen LogP contribution is 2.26. The number of benzene rings is 2. The fourth-order valence-electron chi connectivity index (χ4n) is 2.13. The van der Waals surface area contributed by atoms with Crippen LogP contribution in [0.3, 0.4) is 0 Å². The molecule has 110 valence electrons. The maximum absolute atomic E-state index is 12.2. The zero-order chi connectivity index (χ0) is 15.2. The lowest BCUT2D eigenvalue weighted by Crippen LogP contribution is -2.12. The lowest BCUT2D eigenvalue weighted by atomic mass is 9.99. The molecule has 21 heavy (non-hydrogen) atoms. The normalized spacial score (nSPS) is 12.0. The Kier molecular flexibility index (Phi) is 5.37. The number of methoxy groups -OCH3 is 1. The number of carbonyl (C=O) groups is 1. The van der Waals surface area contributed by atoms with Crippen molar-refractivity contribution in [3.05, 3.63) is 64.7 Å². The molecule has 3 nitrogen and oxygen atoms in total. The van der Waals surface area contributed by atoms with Crippen molar-refractivity contribution in [2.45, 2.75) is 18.9 Å². The Morgan fingerprint density at radius 3 is 2.62 bits per heavy atom. The van der Waals surface area contributed by atoms with Gasteiger partial charge in [-0.2, -0.15) is 0 Å². The quantitative estimate of drug-likeness (QED) is 0.820. The van der Waals surface area contributed by atoms with Gasteiger partial charge in [0.1, 0.15) is 5.75 Å². The molecule has 0 saturated carbocycles. The number of nitrogens with two attached hydrogens (primary N) is 1. The Morgan fingerprint density at radius 2 is 1.95 bits per heavy atom. The van der Waals surface area contributed by atoms with Crippen LogP contribution in [0.15, 0.2) is 48.5 Å². The molecular weight excluding hydrogens is 286 g/mol. The molecule has 0 bridgehead atoms. The molecule has 2 N–H and O–H groups in total. The van der Waals surface area contributed by atoms with Crippen LogP contribution in [0.25, 0.3) is 0 Å². The summed E-state index contributed by atoms with van der Waals surface area (Å²) in [6.45, 7) is 0. The topological polar surface area (TPSA) is 52.3 Å². The van der Waals surface area contributed by atoms with Gasteiger partial charge in [-0.3, -0.25) is 4.79 Å². The van der Waals surface area contributed by atoms with E-state index in [-0.39, 0.29) is 11.8 Å². The Hall–Kier alpha value is -1.84. The number of ether oxygens (including phenoxy) is 1. The molecule has 0 radical (unpaired) electrons. The third kappa shape index (κ3) is 4.06. The van der Waals surface area contributed by atoms with E-state index in [4.69, 9.17) is 22.1 Å². The number of hydrogen-bond acceptors (Lipinski definition) is 3. The smallest absolute Gasteiger partial charge is 0.163 e. The van der Waals surface area contributed by atoms with Gasteiger partial charge in [0.05, 0.1) is 12.1 Å². The van der Waals surface area contributed by atoms with Crippen molar-refractivity contribution in [2.75, 3.05) is 7.11 Å². The number of hydrogen-bond donors (Lipinski definition) is 1. The summed E-state index contributed by atoms with van der Waals surface area (Å²) in [6, 6.07) is 14.7. The minimum Gasteiger partial charge on any atom is -0.495 e. The van der Waals surface area contributed by atoms with Gasteiger partial charge in [-0.05, 0) is 30.2 Å². The maximum atomic E-state index is 12.2. The summed E-state index contributed by atoms with van der Waals surface area (Å²) in [5.41, 5.74) is 7.74. The predicted molar refractivity (Wildman–Crippen MR) is 84.9 cm³/mol. The Morgan fingerprint density at radius 1 is 1.24 bits per heavy atom. The van der Waals surface area contributed by atoms with Crippen molar-refractivity contribution in [3.63, 3.8) is 0 Å². The summed E-state index contributed by atoms with van der Waals surface area (Å²) in [5.74, 6) is 0.547. The van der Waals surface area contributed by atoms with Crippen LogP contribution in [0.1, 0.15) is 34.8 Å². The number of ketones is 1. The van der Waals surface area contributed by atoms with Crippen LogP contribution in [0, 0.1) is 0 Å². The summed E-state index contributed by atoms with van der Waals surface area (Å²) in [4.78, 5) is 12.2. The molecule has 0 amide bonds. The Bertz CT molecular complexity index is 613. The van der Waals surface area contributed by atoms with E-state index in [1.807, 2.05) is 30.3 Å². The minimum atomic E-state index is -0.135. The van der Waals surface area contributed by atoms with E-state index in [0.29, 0.717) is 29.2 Å². The second-order valence-electron chi connectivity index (χ2n) is 4.83. The highest BCUT2D eigenvalue weighted by atomic mass is 35.5. The second kappa shape index (κ2) is 7.25. The largest absolute Gasteiger partial charge is 0.495 e. The van der Waals surface area contributed by atoms with Gasteiger partial charge in [-0.15, -0.1) is 0 Å². The van der Waals surface area contributed by atoms with E-state index in [2.05, 4.69) is 0 Å². The van der Waals surface area contributed by atoms with Gasteiger partial charge in [-0.25, -0.2) is 0 Å². The summed E-state index contributed by atoms with van der Waals surface area (Å²) >= 11 is 5.95. The van der Waals surface area contributed by atoms with Gasteiger partial charge in [0.15, 0.2) is 5.78 Å². The molecule has 0 saturated heterocycles. The van der Waals surface area contributed by atoms with Crippen LogP contribution in [0.2, 0.25) is 5.02 Å². The molecule has 0 aliphatic heterocycles. The molecule has 2 aromatic rings. The van der Waals surface area contributed by atoms with E-state index in [0.717, 1.165) is 5.56 Å². The van der Waals surface area contributed by atoms with Crippen LogP contribution in [0.4, 0.5) is 0 Å². The fourth-order valence-corrected chi connectivity index (χ4v) is 2.33. The Balaban J connectivity index is 1.99. The van der Waals surface area contributed by atoms with E-state index < -0.39 is 0 Å². The Labute approximate surface area is 129 Å². The fraction of sp³-hybridized carbons (Fsp3) is 0.235. The number of rotatable bonds is 6. The molecule has 1 atom stereocenters. The van der Waals surface area contributed by atoms with Gasteiger partial charge in [0, 0.05) is 18.0 Å². The molecule has 0 aliphatic rings. The first-order valence-corrected chi connectivity index (χ1v) is 7.17. The standard InChI is InChI=1S/C17H18ClNO2/c1-21-17-11-13(7-8-14(17)18)16(20)10-9-15(19)12-5-3-2-4-6-12/h2-8,11,15H,9-10,19H2,1H3. The maximum Gasteiger partial charge on any atom is 0.163 e. The van der Waals surface area contributed by atoms with Gasteiger partial charge < -0.3 is 10.5 Å². The summed E-state index contributed by atoms with van der Waals surface area (Å²) < 4.78 is 5.12. The number of carbonyl (C=O) groups excluding carboxylic acids is 1. The van der Waals surface area contributed by atoms with Crippen molar-refractivity contribution in [2.24, 2.45) is 5.73 Å². The van der Waals surface area contributed by atoms with Crippen molar-refractivity contribution in [3.8, 4) is 5.75 Å². The van der Waals surface area contributed by atoms with Crippen LogP contribution in [-0.2, 0) is 0 Å². The lowest BCUT2D eigenvalue weighted by Gasteiger charge is -2.11. The van der Waals surface area contributed by atoms with Crippen LogP contribution < -0.4 is 10.5 Å². The molecule has 2 aromatic carbocycles. The SMILES string of the molecule is COc1cc(C(=O)CCC(N)c2ccccc2)ccc1Cl. The molecule has 4 heteroatoms. The van der Waals surface area contributed by atoms with Crippen molar-refractivity contribution < 1.29 is 9.53 Å². The third-order valence-electron chi connectivity index (χ3n) is 3.38. The van der Waals surface area contributed by atoms with E-state index >= 15 is 0 Å². The first kappa shape index (κ1) is 15.5. The third-order valence-corrected chi connectivity index (χ3v) is 3.70. The van der Waals surface area contributed by atoms with E-state index in [1.54, 1.807) is 18.2 Å². The van der Waals surface area contributed by atoms with E-state index in [1.165, 1.54) is 7.11 Å². The molecule has 1 unspecified atom stereocenters. The number of halogens is 1. The zero-order valence-corrected chi connectivity index (χ0v) is 12.6. The predicted octanol–water partition coefficient (Wildman–Crippen LogP) is 4.01. The molecular formula is C17H18ClNO2. The monoisotopic (exact) mass is 303 g/mol. The van der Waals surface area contributed by atoms with E-state index in [9.17, 15) is 4.79 Å². The average Bonchev–Trinajstić information content (AvgIpc) is 2.53. The summed E-state index contributed by atoms with van der Waals surface area (Å²) in [5, 5.41) is 0.495. The first-order chi connectivity index (χ1) is 10.1. The lowest BCUT2D eigenvalue weighted by molar-refractivity contribution is 0.0977. The highest BCUT2D eigenvalue weighted by molar-refractivity contribution is 6.32. The molecule has 0 aromatic heterocycles. The van der Waals surface area contributed by atoms with Crippen LogP contribution in [0.5, 0.6) is 5.75 Å². The average molecular weight is 304 g/mol. The second-order valence-corrected chi connectivity index (χ2v) is 5.24. The minimum absolute atomic E-state index is 0.0383. The van der Waals surface area contributed by atoms with Crippen molar-refractivity contribution >= 4 is 17.4 Å². The van der Waals surface area contributed by atoms with Crippen LogP contribution >= 0.6 is 11.6 Å². The van der Waals surface area contributed by atoms with Gasteiger partial charge in [0.25, 0.3) is 0 Å². The van der Waals surface area contributed by atoms with Crippen LogP contribution in [-0.4, -0.2) is 12.9 Å². The highest BCUT2D eigenvalue weighted by Gasteiger charge is 2.12. The molecule has 0 heterocycles. The molecule has 2 rings (SSSR count). The summed E-state index contributed by atoms with van der Waals surface area (Å²) in [7, 11) is 1.53. The molecule has 0 aliphatic carbocycles. The van der Waals surface area contributed by atoms with Gasteiger partial charge in [0.2, 0.25) is 0 Å². The summed E-state index contributed by atoms with van der Waals surface area (Å²) in [6.07, 6.45) is 0.995. The molecule has 0 fully saturated rings. The zero-order valence-electron chi connectivity index (χ0n) is 11.9. The van der Waals surface area contributed by atoms with Crippen molar-refractivity contribution in [1.82, 2.24) is 0 Å². The van der Waals surface area contributed by atoms with Gasteiger partial charge in [-0.1, -0.05) is 41.9 Å². The first-order valence-electron chi connectivity index (χ1n) is 6.79. The van der Waals surface area contributed by atoms with Gasteiger partial charge >= 0.3 is 0 Å².